The number of aromatic nitrogens is 3. The molecule has 7 nitrogen and oxygen atoms in total. The van der Waals surface area contributed by atoms with E-state index in [2.05, 4.69) is 9.97 Å². The third-order valence-corrected chi connectivity index (χ3v) is 2.59. The fraction of sp³-hybridized carbons (Fsp3) is 0.250. The average molecular weight is 257 g/mol. The van der Waals surface area contributed by atoms with Crippen LogP contribution in [-0.2, 0) is 6.42 Å². The zero-order valence-corrected chi connectivity index (χ0v) is 10.3. The number of hydrogen-bond donors (Lipinski definition) is 0. The van der Waals surface area contributed by atoms with Crippen molar-refractivity contribution < 1.29 is 4.92 Å². The second kappa shape index (κ2) is 5.27. The van der Waals surface area contributed by atoms with E-state index in [-0.39, 0.29) is 17.1 Å². The number of nitrogens with zero attached hydrogens (tertiary/aromatic N) is 5. The van der Waals surface area contributed by atoms with E-state index in [1.165, 1.54) is 12.3 Å². The van der Waals surface area contributed by atoms with Crippen LogP contribution in [0.15, 0.2) is 24.7 Å². The number of rotatable bonds is 4. The molecule has 2 rings (SSSR count). The van der Waals surface area contributed by atoms with E-state index in [1.807, 2.05) is 13.0 Å². The molecule has 19 heavy (non-hydrogen) atoms. The summed E-state index contributed by atoms with van der Waals surface area (Å²) in [4.78, 5) is 18.7. The van der Waals surface area contributed by atoms with E-state index < -0.39 is 4.92 Å². The summed E-state index contributed by atoms with van der Waals surface area (Å²) in [5, 5.41) is 19.8. The summed E-state index contributed by atoms with van der Waals surface area (Å²) in [6.45, 7) is 2.00. The molecule has 0 bridgehead atoms. The number of hydrogen-bond acceptors (Lipinski definition) is 5. The molecule has 0 aliphatic heterocycles. The lowest BCUT2D eigenvalue weighted by molar-refractivity contribution is -0.384. The van der Waals surface area contributed by atoms with Crippen LogP contribution in [-0.4, -0.2) is 19.5 Å². The Morgan fingerprint density at radius 2 is 2.32 bits per heavy atom. The normalized spacial score (nSPS) is 10.1. The Bertz CT molecular complexity index is 656. The maximum atomic E-state index is 11.1. The zero-order valence-electron chi connectivity index (χ0n) is 10.3. The molecular weight excluding hydrogens is 246 g/mol. The molecule has 0 aliphatic rings. The molecule has 0 spiro atoms. The van der Waals surface area contributed by atoms with E-state index in [4.69, 9.17) is 5.26 Å². The molecule has 2 aromatic heterocycles. The predicted molar refractivity (Wildman–Crippen MR) is 66.7 cm³/mol. The summed E-state index contributed by atoms with van der Waals surface area (Å²) in [5.74, 6) is 0.896. The van der Waals surface area contributed by atoms with Crippen LogP contribution in [0.4, 0.5) is 5.69 Å². The molecule has 0 aromatic carbocycles. The van der Waals surface area contributed by atoms with Crippen molar-refractivity contribution in [2.45, 2.75) is 19.8 Å². The summed E-state index contributed by atoms with van der Waals surface area (Å²) in [5.41, 5.74) is -0.0398. The van der Waals surface area contributed by atoms with Gasteiger partial charge in [0.25, 0.3) is 0 Å². The number of nitriles is 1. The van der Waals surface area contributed by atoms with Crippen LogP contribution in [0.3, 0.4) is 0 Å². The molecule has 0 N–H and O–H groups in total. The van der Waals surface area contributed by atoms with Crippen LogP contribution in [0.5, 0.6) is 0 Å². The molecule has 0 unspecified atom stereocenters. The zero-order chi connectivity index (χ0) is 13.8. The SMILES string of the molecule is CCCc1nccn1-c1ncc(C#N)cc1[N+](=O)[O-]. The molecule has 2 aromatic rings. The first-order valence-electron chi connectivity index (χ1n) is 5.74. The quantitative estimate of drug-likeness (QED) is 0.616. The number of pyridine rings is 1. The second-order valence-corrected chi connectivity index (χ2v) is 3.90. The highest BCUT2D eigenvalue weighted by molar-refractivity contribution is 5.51. The average Bonchev–Trinajstić information content (AvgIpc) is 2.86. The van der Waals surface area contributed by atoms with Crippen molar-refractivity contribution in [3.8, 4) is 11.9 Å². The van der Waals surface area contributed by atoms with Crippen LogP contribution < -0.4 is 0 Å². The smallest absolute Gasteiger partial charge is 0.282 e. The molecule has 96 valence electrons. The monoisotopic (exact) mass is 257 g/mol. The Kier molecular flexibility index (Phi) is 3.52. The Morgan fingerprint density at radius 1 is 1.53 bits per heavy atom. The maximum Gasteiger partial charge on any atom is 0.313 e. The summed E-state index contributed by atoms with van der Waals surface area (Å²) >= 11 is 0. The predicted octanol–water partition coefficient (Wildman–Crippen LogP) is 2.00. The molecular formula is C12H11N5O2. The van der Waals surface area contributed by atoms with Gasteiger partial charge in [-0.05, 0) is 6.42 Å². The van der Waals surface area contributed by atoms with Crippen molar-refractivity contribution in [1.29, 1.82) is 5.26 Å². The van der Waals surface area contributed by atoms with E-state index in [9.17, 15) is 10.1 Å². The Hall–Kier alpha value is -2.75. The number of nitro groups is 1. The van der Waals surface area contributed by atoms with Crippen LogP contribution in [0.2, 0.25) is 0 Å². The maximum absolute atomic E-state index is 11.1. The van der Waals surface area contributed by atoms with E-state index in [0.717, 1.165) is 6.42 Å². The van der Waals surface area contributed by atoms with E-state index in [0.29, 0.717) is 12.2 Å². The van der Waals surface area contributed by atoms with Crippen molar-refractivity contribution in [1.82, 2.24) is 14.5 Å². The molecule has 7 heteroatoms. The first-order chi connectivity index (χ1) is 9.17. The van der Waals surface area contributed by atoms with Crippen molar-refractivity contribution in [3.63, 3.8) is 0 Å². The third-order valence-electron chi connectivity index (χ3n) is 2.59. The highest BCUT2D eigenvalue weighted by atomic mass is 16.6. The third kappa shape index (κ3) is 2.42. The topological polar surface area (TPSA) is 97.6 Å². The molecule has 0 saturated carbocycles. The Morgan fingerprint density at radius 3 is 2.95 bits per heavy atom. The van der Waals surface area contributed by atoms with Crippen molar-refractivity contribution in [3.05, 3.63) is 46.2 Å². The first-order valence-corrected chi connectivity index (χ1v) is 5.74. The molecule has 0 aliphatic carbocycles. The van der Waals surface area contributed by atoms with Gasteiger partial charge in [0.1, 0.15) is 11.9 Å². The van der Waals surface area contributed by atoms with Crippen molar-refractivity contribution in [2.24, 2.45) is 0 Å². The minimum Gasteiger partial charge on any atom is -0.282 e. The van der Waals surface area contributed by atoms with E-state index >= 15 is 0 Å². The van der Waals surface area contributed by atoms with Gasteiger partial charge in [-0.2, -0.15) is 5.26 Å². The second-order valence-electron chi connectivity index (χ2n) is 3.90. The molecule has 0 saturated heterocycles. The Labute approximate surface area is 109 Å². The Balaban J connectivity index is 2.58. The van der Waals surface area contributed by atoms with Gasteiger partial charge in [-0.3, -0.25) is 14.7 Å². The molecule has 0 radical (unpaired) electrons. The fourth-order valence-electron chi connectivity index (χ4n) is 1.76. The molecule has 0 amide bonds. The summed E-state index contributed by atoms with van der Waals surface area (Å²) in [7, 11) is 0. The standard InChI is InChI=1S/C12H11N5O2/c1-2-3-11-14-4-5-16(11)12-10(17(18)19)6-9(7-13)8-15-12/h4-6,8H,2-3H2,1H3. The van der Waals surface area contributed by atoms with Crippen LogP contribution >= 0.6 is 0 Å². The lowest BCUT2D eigenvalue weighted by Crippen LogP contribution is -2.06. The van der Waals surface area contributed by atoms with Gasteiger partial charge in [0.15, 0.2) is 0 Å². The van der Waals surface area contributed by atoms with Gasteiger partial charge in [0.2, 0.25) is 5.82 Å². The summed E-state index contributed by atoms with van der Waals surface area (Å²) < 4.78 is 1.59. The van der Waals surface area contributed by atoms with Gasteiger partial charge in [-0.25, -0.2) is 9.97 Å². The van der Waals surface area contributed by atoms with Gasteiger partial charge >= 0.3 is 5.69 Å². The van der Waals surface area contributed by atoms with Crippen molar-refractivity contribution in [2.75, 3.05) is 0 Å². The first kappa shape index (κ1) is 12.7. The fourth-order valence-corrected chi connectivity index (χ4v) is 1.76. The van der Waals surface area contributed by atoms with Gasteiger partial charge < -0.3 is 0 Å². The largest absolute Gasteiger partial charge is 0.313 e. The van der Waals surface area contributed by atoms with Crippen LogP contribution in [0.1, 0.15) is 24.7 Å². The summed E-state index contributed by atoms with van der Waals surface area (Å²) in [6, 6.07) is 3.06. The molecule has 0 atom stereocenters. The van der Waals surface area contributed by atoms with Crippen LogP contribution in [0, 0.1) is 21.4 Å². The highest BCUT2D eigenvalue weighted by Crippen LogP contribution is 2.22. The van der Waals surface area contributed by atoms with Crippen molar-refractivity contribution >= 4 is 5.69 Å². The molecule has 0 fully saturated rings. The van der Waals surface area contributed by atoms with E-state index in [1.54, 1.807) is 17.0 Å². The minimum absolute atomic E-state index is 0.160. The van der Waals surface area contributed by atoms with Gasteiger partial charge in [-0.1, -0.05) is 6.92 Å². The number of imidazole rings is 1. The highest BCUT2D eigenvalue weighted by Gasteiger charge is 2.19. The van der Waals surface area contributed by atoms with Gasteiger partial charge in [-0.15, -0.1) is 0 Å². The van der Waals surface area contributed by atoms with Crippen LogP contribution in [0.25, 0.3) is 5.82 Å². The summed E-state index contributed by atoms with van der Waals surface area (Å²) in [6.07, 6.45) is 6.10. The molecule has 2 heterocycles. The minimum atomic E-state index is -0.543. The van der Waals surface area contributed by atoms with Gasteiger partial charge in [0.05, 0.1) is 10.5 Å². The number of aryl methyl sites for hydroxylation is 1. The lowest BCUT2D eigenvalue weighted by Gasteiger charge is -2.06. The lowest BCUT2D eigenvalue weighted by atomic mass is 10.2. The van der Waals surface area contributed by atoms with Gasteiger partial charge in [0, 0.05) is 31.1 Å².